The first-order valence-corrected chi connectivity index (χ1v) is 8.88. The molecule has 0 saturated heterocycles. The molecule has 2 amide bonds. The molecule has 25 heavy (non-hydrogen) atoms. The number of unbranched alkanes of at least 4 members (excludes halogenated alkanes) is 1. The van der Waals surface area contributed by atoms with Gasteiger partial charge in [0.05, 0.1) is 6.61 Å². The van der Waals surface area contributed by atoms with Gasteiger partial charge in [-0.3, -0.25) is 19.4 Å². The van der Waals surface area contributed by atoms with Crippen molar-refractivity contribution in [3.05, 3.63) is 47.5 Å². The molecule has 5 nitrogen and oxygen atoms in total. The maximum atomic E-state index is 12.8. The normalized spacial score (nSPS) is 14.0. The monoisotopic (exact) mass is 340 g/mol. The average molecular weight is 340 g/mol. The fourth-order valence-corrected chi connectivity index (χ4v) is 3.38. The van der Waals surface area contributed by atoms with E-state index in [1.165, 1.54) is 4.90 Å². The quantitative estimate of drug-likeness (QED) is 0.750. The van der Waals surface area contributed by atoms with Crippen LogP contribution in [0.15, 0.2) is 36.4 Å². The first kappa shape index (κ1) is 17.6. The average Bonchev–Trinajstić information content (AvgIpc) is 2.63. The molecule has 0 unspecified atom stereocenters. The van der Waals surface area contributed by atoms with E-state index in [9.17, 15) is 14.7 Å². The third-order valence-corrected chi connectivity index (χ3v) is 4.74. The molecule has 132 valence electrons. The summed E-state index contributed by atoms with van der Waals surface area (Å²) >= 11 is 0. The smallest absolute Gasteiger partial charge is 0.261 e. The Kier molecular flexibility index (Phi) is 5.46. The molecule has 0 aliphatic carbocycles. The third kappa shape index (κ3) is 3.43. The molecular weight excluding hydrogens is 316 g/mol. The highest BCUT2D eigenvalue weighted by atomic mass is 16.3. The number of nitrogens with zero attached hydrogens (tertiary/aromatic N) is 2. The maximum absolute atomic E-state index is 12.8. The number of hydrogen-bond acceptors (Lipinski definition) is 4. The van der Waals surface area contributed by atoms with Crippen molar-refractivity contribution in [2.45, 2.75) is 19.8 Å². The van der Waals surface area contributed by atoms with E-state index in [0.717, 1.165) is 30.2 Å². The Morgan fingerprint density at radius 1 is 0.960 bits per heavy atom. The first-order chi connectivity index (χ1) is 12.2. The summed E-state index contributed by atoms with van der Waals surface area (Å²) in [4.78, 5) is 29.1. The van der Waals surface area contributed by atoms with Gasteiger partial charge in [0.2, 0.25) is 0 Å². The van der Waals surface area contributed by atoms with Crippen LogP contribution in [0.2, 0.25) is 0 Å². The Morgan fingerprint density at radius 3 is 2.16 bits per heavy atom. The number of amides is 2. The summed E-state index contributed by atoms with van der Waals surface area (Å²) < 4.78 is 0. The lowest BCUT2D eigenvalue weighted by Crippen LogP contribution is -2.45. The van der Waals surface area contributed by atoms with Gasteiger partial charge in [0.25, 0.3) is 11.8 Å². The Labute approximate surface area is 147 Å². The summed E-state index contributed by atoms with van der Waals surface area (Å²) in [6, 6.07) is 11.1. The summed E-state index contributed by atoms with van der Waals surface area (Å²) in [7, 11) is 0. The highest BCUT2D eigenvalue weighted by molar-refractivity contribution is 6.25. The van der Waals surface area contributed by atoms with E-state index >= 15 is 0 Å². The maximum Gasteiger partial charge on any atom is 0.261 e. The van der Waals surface area contributed by atoms with Gasteiger partial charge in [0.1, 0.15) is 0 Å². The largest absolute Gasteiger partial charge is 0.395 e. The molecule has 3 rings (SSSR count). The lowest BCUT2D eigenvalue weighted by molar-refractivity contribution is 0.0588. The van der Waals surface area contributed by atoms with E-state index in [1.807, 2.05) is 24.3 Å². The number of carbonyl (C=O) groups is 2. The van der Waals surface area contributed by atoms with Gasteiger partial charge < -0.3 is 5.11 Å². The van der Waals surface area contributed by atoms with Crippen LogP contribution in [0.4, 0.5) is 0 Å². The second-order valence-electron chi connectivity index (χ2n) is 6.39. The Bertz CT molecular complexity index is 737. The van der Waals surface area contributed by atoms with Crippen molar-refractivity contribution in [3.63, 3.8) is 0 Å². The van der Waals surface area contributed by atoms with Gasteiger partial charge in [-0.1, -0.05) is 37.6 Å². The van der Waals surface area contributed by atoms with E-state index < -0.39 is 0 Å². The number of hydrogen-bond donors (Lipinski definition) is 1. The van der Waals surface area contributed by atoms with Gasteiger partial charge in [-0.2, -0.15) is 0 Å². The molecule has 0 aromatic heterocycles. The number of carbonyl (C=O) groups excluding carboxylic acids is 2. The molecule has 0 bridgehead atoms. The van der Waals surface area contributed by atoms with E-state index in [2.05, 4.69) is 11.8 Å². The lowest BCUT2D eigenvalue weighted by atomic mass is 9.94. The zero-order valence-corrected chi connectivity index (χ0v) is 14.6. The number of aliphatic hydroxyl groups is 1. The van der Waals surface area contributed by atoms with Gasteiger partial charge in [-0.25, -0.2) is 0 Å². The molecule has 0 saturated carbocycles. The van der Waals surface area contributed by atoms with Gasteiger partial charge in [0, 0.05) is 36.1 Å². The minimum atomic E-state index is -0.228. The van der Waals surface area contributed by atoms with Crippen molar-refractivity contribution in [2.24, 2.45) is 0 Å². The predicted octanol–water partition coefficient (Wildman–Crippen LogP) is 2.53. The summed E-state index contributed by atoms with van der Waals surface area (Å²) in [6.07, 6.45) is 2.10. The molecule has 1 heterocycles. The summed E-state index contributed by atoms with van der Waals surface area (Å²) in [5, 5.41) is 10.9. The molecule has 5 heteroatoms. The fraction of sp³-hybridized carbons (Fsp3) is 0.400. The molecule has 1 aliphatic heterocycles. The van der Waals surface area contributed by atoms with Crippen molar-refractivity contribution >= 4 is 22.6 Å². The topological polar surface area (TPSA) is 60.9 Å². The highest BCUT2D eigenvalue weighted by Gasteiger charge is 2.32. The number of aliphatic hydroxyl groups excluding tert-OH is 1. The Balaban J connectivity index is 1.82. The Hall–Kier alpha value is -2.24. The SMILES string of the molecule is CCCCN(CCO)CCN1C(=O)c2cccc3cccc(c23)C1=O. The van der Waals surface area contributed by atoms with E-state index in [-0.39, 0.29) is 18.4 Å². The molecular formula is C20H24N2O3. The lowest BCUT2D eigenvalue weighted by Gasteiger charge is -2.29. The van der Waals surface area contributed by atoms with Crippen molar-refractivity contribution in [3.8, 4) is 0 Å². The number of imide groups is 1. The second kappa shape index (κ2) is 7.76. The fourth-order valence-electron chi connectivity index (χ4n) is 3.38. The van der Waals surface area contributed by atoms with E-state index in [1.54, 1.807) is 12.1 Å². The van der Waals surface area contributed by atoms with Gasteiger partial charge in [0.15, 0.2) is 0 Å². The van der Waals surface area contributed by atoms with Crippen LogP contribution in [0.1, 0.15) is 40.5 Å². The van der Waals surface area contributed by atoms with Crippen LogP contribution < -0.4 is 0 Å². The number of rotatable bonds is 8. The molecule has 0 radical (unpaired) electrons. The van der Waals surface area contributed by atoms with Crippen LogP contribution in [-0.4, -0.2) is 59.5 Å². The summed E-state index contributed by atoms with van der Waals surface area (Å²) in [5.74, 6) is -0.456. The molecule has 0 spiro atoms. The minimum Gasteiger partial charge on any atom is -0.395 e. The van der Waals surface area contributed by atoms with Crippen LogP contribution in [0.25, 0.3) is 10.8 Å². The van der Waals surface area contributed by atoms with Gasteiger partial charge in [-0.15, -0.1) is 0 Å². The first-order valence-electron chi connectivity index (χ1n) is 8.88. The molecule has 2 aromatic carbocycles. The zero-order chi connectivity index (χ0) is 17.8. The molecule has 1 aliphatic rings. The van der Waals surface area contributed by atoms with Crippen LogP contribution >= 0.6 is 0 Å². The van der Waals surface area contributed by atoms with Crippen molar-refractivity contribution in [1.82, 2.24) is 9.80 Å². The van der Waals surface area contributed by atoms with Crippen LogP contribution in [0, 0.1) is 0 Å². The van der Waals surface area contributed by atoms with Crippen LogP contribution in [0.3, 0.4) is 0 Å². The standard InChI is InChI=1S/C20H24N2O3/c1-2-3-10-21(13-14-23)11-12-22-19(24)16-8-4-6-15-7-5-9-17(18(15)16)20(22)25/h4-9,23H,2-3,10-14H2,1H3. The highest BCUT2D eigenvalue weighted by Crippen LogP contribution is 2.29. The van der Waals surface area contributed by atoms with Crippen LogP contribution in [-0.2, 0) is 0 Å². The zero-order valence-electron chi connectivity index (χ0n) is 14.6. The summed E-state index contributed by atoms with van der Waals surface area (Å²) in [5.41, 5.74) is 1.19. The molecule has 2 aromatic rings. The minimum absolute atomic E-state index is 0.0771. The third-order valence-electron chi connectivity index (χ3n) is 4.74. The Morgan fingerprint density at radius 2 is 1.60 bits per heavy atom. The van der Waals surface area contributed by atoms with E-state index in [4.69, 9.17) is 0 Å². The van der Waals surface area contributed by atoms with Crippen molar-refractivity contribution < 1.29 is 14.7 Å². The molecule has 1 N–H and O–H groups in total. The summed E-state index contributed by atoms with van der Waals surface area (Å²) in [6.45, 7) is 4.53. The van der Waals surface area contributed by atoms with Gasteiger partial charge >= 0.3 is 0 Å². The van der Waals surface area contributed by atoms with E-state index in [0.29, 0.717) is 30.8 Å². The second-order valence-corrected chi connectivity index (χ2v) is 6.39. The molecule has 0 fully saturated rings. The van der Waals surface area contributed by atoms with Crippen LogP contribution in [0.5, 0.6) is 0 Å². The molecule has 0 atom stereocenters. The van der Waals surface area contributed by atoms with Crippen molar-refractivity contribution in [1.29, 1.82) is 0 Å². The predicted molar refractivity (Wildman–Crippen MR) is 97.7 cm³/mol. The van der Waals surface area contributed by atoms with Gasteiger partial charge in [-0.05, 0) is 30.5 Å². The van der Waals surface area contributed by atoms with Crippen molar-refractivity contribution in [2.75, 3.05) is 32.8 Å². The number of benzene rings is 2.